The van der Waals surface area contributed by atoms with E-state index in [2.05, 4.69) is 59.8 Å². The number of aromatic amines is 2. The Bertz CT molecular complexity index is 5190. The van der Waals surface area contributed by atoms with Crippen molar-refractivity contribution in [2.75, 3.05) is 56.0 Å². The van der Waals surface area contributed by atoms with Crippen molar-refractivity contribution in [2.24, 2.45) is 0 Å². The van der Waals surface area contributed by atoms with E-state index in [9.17, 15) is 88.0 Å². The Morgan fingerprint density at radius 2 is 0.745 bits per heavy atom. The highest BCUT2D eigenvalue weighted by Crippen LogP contribution is 2.56. The molecule has 106 heavy (non-hydrogen) atoms. The summed E-state index contributed by atoms with van der Waals surface area (Å²) in [6, 6.07) is 0.792. The second-order valence-corrected chi connectivity index (χ2v) is 29.5. The predicted octanol–water partition coefficient (Wildman–Crippen LogP) is -6.83. The highest BCUT2D eigenvalue weighted by atomic mass is 31.2. The SMILES string of the molecule is Nc1nc2c(ncn2[C@@H]2O[C@H](COP(=O)(O)O[C@H]3[C@@H](O)[C@H](n4cnc5c(N)ncnc54)O[C@@H]3COP(=O)(O)O[C@H]3[C@@H](O)[C@H](n4ccc(=O)[nH]c4=O)O[C@@H]3COP(=O)(O)O[C@H]3[C@@H](O)[C@H](n4cnc5c(N)ncnc54)O[C@@H]3COP(=O)(O)O[C@H]3[C@@H](O)[C@H](n4cnc5c(N)ncnc54)O[C@@H]3CO)[C@@H](O)[C@H]2O)c(=O)[nH]1. The third-order valence-corrected chi connectivity index (χ3v) is 21.2. The molecule has 14 heterocycles. The van der Waals surface area contributed by atoms with Gasteiger partial charge in [0.1, 0.15) is 127 Å². The maximum atomic E-state index is 14.3. The minimum Gasteiger partial charge on any atom is -0.394 e. The van der Waals surface area contributed by atoms with Gasteiger partial charge in [-0.3, -0.25) is 78.6 Å². The molecule has 9 aromatic heterocycles. The van der Waals surface area contributed by atoms with Gasteiger partial charge in [-0.1, -0.05) is 0 Å². The van der Waals surface area contributed by atoms with Crippen LogP contribution in [0.25, 0.3) is 44.7 Å². The molecule has 0 bridgehead atoms. The van der Waals surface area contributed by atoms with E-state index in [0.717, 1.165) is 70.3 Å². The van der Waals surface area contributed by atoms with Crippen molar-refractivity contribution < 1.29 is 133 Å². The zero-order valence-corrected chi connectivity index (χ0v) is 56.7. The highest BCUT2D eigenvalue weighted by Gasteiger charge is 2.56. The van der Waals surface area contributed by atoms with Crippen molar-refractivity contribution in [2.45, 2.75) is 123 Å². The summed E-state index contributed by atoms with van der Waals surface area (Å²) in [7, 11) is -22.9. The fraction of sp³-hybridized carbons (Fsp3) is 0.510. The number of H-pyrrole nitrogens is 2. The normalized spacial score (nSPS) is 32.2. The summed E-state index contributed by atoms with van der Waals surface area (Å²) < 4.78 is 133. The number of aliphatic hydroxyl groups excluding tert-OH is 7. The maximum absolute atomic E-state index is 14.3. The molecule has 0 aliphatic carbocycles. The van der Waals surface area contributed by atoms with Crippen molar-refractivity contribution in [1.82, 2.24) is 87.6 Å². The summed E-state index contributed by atoms with van der Waals surface area (Å²) >= 11 is 0. The van der Waals surface area contributed by atoms with E-state index in [1.165, 1.54) is 4.57 Å². The zero-order chi connectivity index (χ0) is 75.4. The summed E-state index contributed by atoms with van der Waals surface area (Å²) in [5, 5.41) is 79.3. The summed E-state index contributed by atoms with van der Waals surface area (Å²) in [4.78, 5) is 131. The molecular weight excluding hydrogens is 1520 g/mol. The molecule has 0 saturated carbocycles. The second-order valence-electron chi connectivity index (χ2n) is 23.8. The summed E-state index contributed by atoms with van der Waals surface area (Å²) in [5.41, 5.74) is 20.0. The molecular formula is C49H60N22O31P4. The lowest BCUT2D eigenvalue weighted by Gasteiger charge is -2.27. The fourth-order valence-corrected chi connectivity index (χ4v) is 16.2. The molecule has 53 nitrogen and oxygen atoms in total. The van der Waals surface area contributed by atoms with E-state index in [1.54, 1.807) is 0 Å². The number of hydrogen-bond acceptors (Lipinski definition) is 42. The molecule has 4 unspecified atom stereocenters. The number of phosphoric ester groups is 4. The van der Waals surface area contributed by atoms with Gasteiger partial charge in [0, 0.05) is 12.3 Å². The van der Waals surface area contributed by atoms with Crippen LogP contribution in [0.5, 0.6) is 0 Å². The highest BCUT2D eigenvalue weighted by molar-refractivity contribution is 7.48. The van der Waals surface area contributed by atoms with Crippen LogP contribution in [0.1, 0.15) is 31.1 Å². The van der Waals surface area contributed by atoms with Gasteiger partial charge < -0.3 is 102 Å². The first kappa shape index (κ1) is 74.7. The van der Waals surface area contributed by atoms with E-state index in [-0.39, 0.29) is 68.1 Å². The third kappa shape index (κ3) is 14.4. The monoisotopic (exact) mass is 1580 g/mol. The largest absolute Gasteiger partial charge is 0.472 e. The number of rotatable bonds is 26. The molecule has 572 valence electrons. The number of aromatic nitrogens is 18. The van der Waals surface area contributed by atoms with Gasteiger partial charge in [0.15, 0.2) is 76.7 Å². The third-order valence-electron chi connectivity index (χ3n) is 17.2. The number of fused-ring (bicyclic) bond motifs is 4. The Labute approximate surface area is 585 Å². The van der Waals surface area contributed by atoms with Crippen LogP contribution in [-0.2, 0) is 78.1 Å². The quantitative estimate of drug-likeness (QED) is 0.0224. The van der Waals surface area contributed by atoms with Gasteiger partial charge in [-0.15, -0.1) is 0 Å². The fourth-order valence-electron chi connectivity index (χ4n) is 12.3. The first-order valence-corrected chi connectivity index (χ1v) is 36.7. The lowest BCUT2D eigenvalue weighted by molar-refractivity contribution is -0.0651. The van der Waals surface area contributed by atoms with Gasteiger partial charge in [0.2, 0.25) is 5.95 Å². The van der Waals surface area contributed by atoms with Crippen LogP contribution < -0.4 is 39.7 Å². The molecule has 9 aromatic rings. The van der Waals surface area contributed by atoms with Gasteiger partial charge in [0.05, 0.1) is 58.3 Å². The van der Waals surface area contributed by atoms with Crippen LogP contribution in [0, 0.1) is 0 Å². The minimum atomic E-state index is -5.87. The first-order valence-electron chi connectivity index (χ1n) is 30.7. The van der Waals surface area contributed by atoms with Gasteiger partial charge in [-0.25, -0.2) is 72.9 Å². The molecule has 24 atom stereocenters. The molecule has 0 amide bonds. The second kappa shape index (κ2) is 28.8. The number of ether oxygens (including phenoxy) is 5. The number of nitrogens with one attached hydrogen (secondary N) is 2. The van der Waals surface area contributed by atoms with Crippen molar-refractivity contribution in [3.63, 3.8) is 0 Å². The van der Waals surface area contributed by atoms with Gasteiger partial charge >= 0.3 is 37.0 Å². The number of nitrogens with zero attached hydrogens (tertiary/aromatic N) is 16. The number of nitrogens with two attached hydrogens (primary N) is 4. The zero-order valence-electron chi connectivity index (χ0n) is 53.1. The smallest absolute Gasteiger partial charge is 0.394 e. The minimum absolute atomic E-state index is 0.0374. The standard InChI is InChI=1S/C49H60N22O31P4/c50-35-21-38(57-8-54-35)68(11-60-21)45-27(76)31(15(3-72)94-45)99-104(84,85)91-6-18-34(30(79)47(97-18)70-13-62-23-37(52)56-10-59-40(23)70)102-106(88,89)92-5-17-32(28(77)44(96-17)67-2-1-20(73)64-49(67)81)100-105(86,87)93-7-19-33(29(78)46(98-19)69-12-61-22-36(51)55-9-58-39(22)69)101-103(82,83)90-4-16-25(74)26(75)43(95-16)71-14-63-24-41(71)65-48(53)66-42(24)80/h1-2,8-19,25-34,43-47,72,74-79H,3-7H2,(H,82,83)(H,84,85)(H,86,87)(H,88,89)(H2,50,54,57)(H2,51,55,58)(H2,52,56,59)(H,64,73,81)(H3,53,65,66,80)/t15-,16-,17-,18-,19-,25-,26-,27-,28-,29-,30-,31-,32-,33-,34-,43-,44-,45-,46-,47-/m1/s1. The number of nitrogen functional groups attached to an aromatic ring is 4. The molecule has 0 spiro atoms. The van der Waals surface area contributed by atoms with Crippen LogP contribution in [-0.4, -0.2) is 268 Å². The van der Waals surface area contributed by atoms with Crippen molar-refractivity contribution in [1.29, 1.82) is 0 Å². The predicted molar refractivity (Wildman–Crippen MR) is 338 cm³/mol. The van der Waals surface area contributed by atoms with E-state index >= 15 is 0 Å². The summed E-state index contributed by atoms with van der Waals surface area (Å²) in [6.07, 6.45) is -30.5. The Morgan fingerprint density at radius 3 is 1.13 bits per heavy atom. The number of aliphatic hydroxyl groups is 7. The molecule has 0 radical (unpaired) electrons. The lowest BCUT2D eigenvalue weighted by atomic mass is 10.1. The van der Waals surface area contributed by atoms with Crippen LogP contribution >= 0.6 is 31.3 Å². The summed E-state index contributed by atoms with van der Waals surface area (Å²) in [5.74, 6) is -0.712. The van der Waals surface area contributed by atoms with Crippen molar-refractivity contribution >= 4 is 99.3 Å². The maximum Gasteiger partial charge on any atom is 0.472 e. The Hall–Kier alpha value is -8.16. The van der Waals surface area contributed by atoms with Crippen LogP contribution in [0.15, 0.2) is 70.9 Å². The molecule has 57 heteroatoms. The number of hydrogen-bond donors (Lipinski definition) is 17. The number of imidazole rings is 4. The van der Waals surface area contributed by atoms with E-state index in [4.69, 9.17) is 82.8 Å². The number of anilines is 4. The molecule has 0 aromatic carbocycles. The molecule has 14 rings (SSSR count). The molecule has 5 aliphatic rings. The van der Waals surface area contributed by atoms with Gasteiger partial charge in [-0.05, 0) is 0 Å². The topological polar surface area (TPSA) is 764 Å². The van der Waals surface area contributed by atoms with E-state index < -0.39 is 204 Å². The molecule has 5 aliphatic heterocycles. The Kier molecular flexibility index (Phi) is 20.3. The van der Waals surface area contributed by atoms with E-state index in [1.807, 2.05) is 4.98 Å². The van der Waals surface area contributed by atoms with Crippen molar-refractivity contribution in [3.8, 4) is 0 Å². The van der Waals surface area contributed by atoms with E-state index in [0.29, 0.717) is 4.57 Å². The van der Waals surface area contributed by atoms with Crippen molar-refractivity contribution in [3.05, 3.63) is 87.7 Å². The van der Waals surface area contributed by atoms with Crippen LogP contribution in [0.3, 0.4) is 0 Å². The van der Waals surface area contributed by atoms with Crippen LogP contribution in [0.4, 0.5) is 23.4 Å². The van der Waals surface area contributed by atoms with Crippen LogP contribution in [0.2, 0.25) is 0 Å². The van der Waals surface area contributed by atoms with Gasteiger partial charge in [0.25, 0.3) is 11.1 Å². The number of phosphoric acid groups is 4. The molecule has 21 N–H and O–H groups in total. The summed E-state index contributed by atoms with van der Waals surface area (Å²) in [6.45, 7) is -5.86. The lowest BCUT2D eigenvalue weighted by Crippen LogP contribution is -2.39. The average molecular weight is 1580 g/mol. The Balaban J connectivity index is 0.683. The molecule has 5 saturated heterocycles. The van der Waals surface area contributed by atoms with Gasteiger partial charge in [-0.2, -0.15) is 4.98 Å². The first-order chi connectivity index (χ1) is 50.3. The molecule has 5 fully saturated rings. The average Bonchev–Trinajstić information content (AvgIpc) is 1.61. The Morgan fingerprint density at radius 1 is 0.415 bits per heavy atom.